The SMILES string of the molecule is CCCNc1nc(C2CSCCN2C)nc(C)c1C(C)C. The molecule has 118 valence electrons. The van der Waals surface area contributed by atoms with Gasteiger partial charge >= 0.3 is 0 Å². The van der Waals surface area contributed by atoms with Gasteiger partial charge in [0.05, 0.1) is 6.04 Å². The molecule has 1 saturated heterocycles. The maximum Gasteiger partial charge on any atom is 0.148 e. The molecule has 1 aromatic rings. The van der Waals surface area contributed by atoms with Crippen LogP contribution in [-0.4, -0.2) is 46.5 Å². The molecule has 0 radical (unpaired) electrons. The molecule has 1 fully saturated rings. The van der Waals surface area contributed by atoms with E-state index in [0.29, 0.717) is 12.0 Å². The first kappa shape index (κ1) is 16.6. The van der Waals surface area contributed by atoms with Crippen LogP contribution in [0.1, 0.15) is 56.2 Å². The molecule has 1 aromatic heterocycles. The first-order valence-corrected chi connectivity index (χ1v) is 9.10. The predicted molar refractivity (Wildman–Crippen MR) is 92.3 cm³/mol. The van der Waals surface area contributed by atoms with Crippen LogP contribution in [0.4, 0.5) is 5.82 Å². The molecule has 0 saturated carbocycles. The van der Waals surface area contributed by atoms with Crippen LogP contribution in [0.15, 0.2) is 0 Å². The Kier molecular flexibility index (Phi) is 5.88. The minimum Gasteiger partial charge on any atom is -0.370 e. The lowest BCUT2D eigenvalue weighted by Gasteiger charge is -2.31. The third-order valence-corrected chi connectivity index (χ3v) is 4.99. The topological polar surface area (TPSA) is 41.1 Å². The van der Waals surface area contributed by atoms with E-state index in [4.69, 9.17) is 9.97 Å². The van der Waals surface area contributed by atoms with Crippen LogP contribution in [0.5, 0.6) is 0 Å². The number of aryl methyl sites for hydroxylation is 1. The molecule has 1 aliphatic rings. The molecule has 4 nitrogen and oxygen atoms in total. The highest BCUT2D eigenvalue weighted by Crippen LogP contribution is 2.30. The lowest BCUT2D eigenvalue weighted by Crippen LogP contribution is -2.34. The first-order valence-electron chi connectivity index (χ1n) is 7.94. The fourth-order valence-electron chi connectivity index (χ4n) is 2.78. The number of thioether (sulfide) groups is 1. The zero-order valence-corrected chi connectivity index (χ0v) is 14.8. The molecule has 21 heavy (non-hydrogen) atoms. The van der Waals surface area contributed by atoms with E-state index in [1.807, 2.05) is 11.8 Å². The van der Waals surface area contributed by atoms with Crippen LogP contribution in [0, 0.1) is 6.92 Å². The van der Waals surface area contributed by atoms with Gasteiger partial charge in [-0.05, 0) is 26.3 Å². The van der Waals surface area contributed by atoms with Gasteiger partial charge in [-0.15, -0.1) is 0 Å². The lowest BCUT2D eigenvalue weighted by molar-refractivity contribution is 0.264. The van der Waals surface area contributed by atoms with Gasteiger partial charge in [0.2, 0.25) is 0 Å². The van der Waals surface area contributed by atoms with Gasteiger partial charge in [0.1, 0.15) is 11.6 Å². The minimum absolute atomic E-state index is 0.339. The zero-order chi connectivity index (χ0) is 15.4. The van der Waals surface area contributed by atoms with Crippen molar-refractivity contribution < 1.29 is 0 Å². The average Bonchev–Trinajstić information content (AvgIpc) is 2.44. The van der Waals surface area contributed by atoms with Crippen molar-refractivity contribution in [2.75, 3.05) is 37.0 Å². The number of aromatic nitrogens is 2. The van der Waals surface area contributed by atoms with Crippen molar-refractivity contribution in [2.24, 2.45) is 0 Å². The molecule has 0 aliphatic carbocycles. The maximum atomic E-state index is 4.89. The fraction of sp³-hybridized carbons (Fsp3) is 0.750. The van der Waals surface area contributed by atoms with E-state index in [1.54, 1.807) is 0 Å². The van der Waals surface area contributed by atoms with Gasteiger partial charge in [-0.25, -0.2) is 9.97 Å². The van der Waals surface area contributed by atoms with Gasteiger partial charge in [0.15, 0.2) is 0 Å². The second-order valence-electron chi connectivity index (χ2n) is 6.08. The van der Waals surface area contributed by atoms with Crippen molar-refractivity contribution in [1.82, 2.24) is 14.9 Å². The molecular weight excluding hydrogens is 280 g/mol. The summed E-state index contributed by atoms with van der Waals surface area (Å²) in [7, 11) is 2.18. The Labute approximate surface area is 133 Å². The Bertz CT molecular complexity index is 476. The molecule has 0 amide bonds. The van der Waals surface area contributed by atoms with Gasteiger partial charge in [-0.3, -0.25) is 4.90 Å². The van der Waals surface area contributed by atoms with Crippen LogP contribution < -0.4 is 5.32 Å². The number of anilines is 1. The third kappa shape index (κ3) is 3.89. The second kappa shape index (κ2) is 7.45. The molecule has 1 unspecified atom stereocenters. The molecule has 0 bridgehead atoms. The Morgan fingerprint density at radius 1 is 1.38 bits per heavy atom. The normalized spacial score (nSPS) is 20.0. The first-order chi connectivity index (χ1) is 10.0. The van der Waals surface area contributed by atoms with Crippen LogP contribution in [0.2, 0.25) is 0 Å². The summed E-state index contributed by atoms with van der Waals surface area (Å²) in [5.41, 5.74) is 2.39. The lowest BCUT2D eigenvalue weighted by atomic mass is 10.0. The van der Waals surface area contributed by atoms with Crippen molar-refractivity contribution in [1.29, 1.82) is 0 Å². The summed E-state index contributed by atoms with van der Waals surface area (Å²) < 4.78 is 0. The van der Waals surface area contributed by atoms with E-state index >= 15 is 0 Å². The minimum atomic E-state index is 0.339. The number of rotatable bonds is 5. The van der Waals surface area contributed by atoms with E-state index in [-0.39, 0.29) is 0 Å². The quantitative estimate of drug-likeness (QED) is 0.902. The summed E-state index contributed by atoms with van der Waals surface area (Å²) >= 11 is 2.00. The number of nitrogens with zero attached hydrogens (tertiary/aromatic N) is 3. The smallest absolute Gasteiger partial charge is 0.148 e. The standard InChI is InChI=1S/C16H28N4S/c1-6-7-17-16-14(11(2)3)12(4)18-15(19-16)13-10-21-9-8-20(13)5/h11,13H,6-10H2,1-5H3,(H,17,18,19). The molecule has 1 aliphatic heterocycles. The molecule has 2 heterocycles. The summed E-state index contributed by atoms with van der Waals surface area (Å²) in [5, 5.41) is 3.50. The Morgan fingerprint density at radius 2 is 2.14 bits per heavy atom. The Hall–Kier alpha value is -0.810. The van der Waals surface area contributed by atoms with Gasteiger partial charge in [-0.2, -0.15) is 11.8 Å². The van der Waals surface area contributed by atoms with Crippen LogP contribution in [-0.2, 0) is 0 Å². The van der Waals surface area contributed by atoms with Crippen LogP contribution in [0.25, 0.3) is 0 Å². The van der Waals surface area contributed by atoms with E-state index in [9.17, 15) is 0 Å². The van der Waals surface area contributed by atoms with Crippen LogP contribution in [0.3, 0.4) is 0 Å². The maximum absolute atomic E-state index is 4.89. The summed E-state index contributed by atoms with van der Waals surface area (Å²) in [6.07, 6.45) is 1.11. The van der Waals surface area contributed by atoms with E-state index < -0.39 is 0 Å². The largest absolute Gasteiger partial charge is 0.370 e. The van der Waals surface area contributed by atoms with E-state index in [2.05, 4.69) is 45.0 Å². The summed E-state index contributed by atoms with van der Waals surface area (Å²) in [5.74, 6) is 4.75. The Morgan fingerprint density at radius 3 is 2.76 bits per heavy atom. The molecule has 0 aromatic carbocycles. The van der Waals surface area contributed by atoms with Crippen molar-refractivity contribution >= 4 is 17.6 Å². The molecule has 2 rings (SSSR count). The highest BCUT2D eigenvalue weighted by Gasteiger charge is 2.25. The zero-order valence-electron chi connectivity index (χ0n) is 13.9. The van der Waals surface area contributed by atoms with Crippen molar-refractivity contribution in [3.8, 4) is 0 Å². The number of nitrogens with one attached hydrogen (secondary N) is 1. The molecule has 1 atom stereocenters. The molecule has 5 heteroatoms. The summed E-state index contributed by atoms with van der Waals surface area (Å²) in [4.78, 5) is 12.1. The van der Waals surface area contributed by atoms with Gasteiger partial charge in [-0.1, -0.05) is 20.8 Å². The number of hydrogen-bond acceptors (Lipinski definition) is 5. The summed E-state index contributed by atoms with van der Waals surface area (Å²) in [6, 6.07) is 0.339. The summed E-state index contributed by atoms with van der Waals surface area (Å²) in [6.45, 7) is 10.8. The Balaban J connectivity index is 2.36. The van der Waals surface area contributed by atoms with E-state index in [0.717, 1.165) is 42.6 Å². The predicted octanol–water partition coefficient (Wildman–Crippen LogP) is 3.45. The van der Waals surface area contributed by atoms with E-state index in [1.165, 1.54) is 11.3 Å². The molecule has 1 N–H and O–H groups in total. The van der Waals surface area contributed by atoms with Crippen molar-refractivity contribution in [3.05, 3.63) is 17.1 Å². The highest BCUT2D eigenvalue weighted by molar-refractivity contribution is 7.99. The van der Waals surface area contributed by atoms with Crippen molar-refractivity contribution in [3.63, 3.8) is 0 Å². The molecule has 0 spiro atoms. The van der Waals surface area contributed by atoms with Crippen LogP contribution >= 0.6 is 11.8 Å². The molecular formula is C16H28N4S. The number of hydrogen-bond donors (Lipinski definition) is 1. The second-order valence-corrected chi connectivity index (χ2v) is 7.23. The van der Waals surface area contributed by atoms with Crippen molar-refractivity contribution in [2.45, 2.75) is 46.1 Å². The van der Waals surface area contributed by atoms with Gasteiger partial charge < -0.3 is 5.32 Å². The van der Waals surface area contributed by atoms with Gasteiger partial charge in [0, 0.05) is 35.9 Å². The third-order valence-electron chi connectivity index (χ3n) is 3.97. The van der Waals surface area contributed by atoms with Gasteiger partial charge in [0.25, 0.3) is 0 Å². The highest BCUT2D eigenvalue weighted by atomic mass is 32.2. The monoisotopic (exact) mass is 308 g/mol. The average molecular weight is 308 g/mol. The fourth-order valence-corrected chi connectivity index (χ4v) is 3.99.